The van der Waals surface area contributed by atoms with Crippen molar-refractivity contribution >= 4 is 6.16 Å². The van der Waals surface area contributed by atoms with Crippen LogP contribution in [0.2, 0.25) is 0 Å². The molecular weight excluding hydrogens is 434 g/mol. The molecule has 4 unspecified atom stereocenters. The van der Waals surface area contributed by atoms with E-state index in [1.165, 1.54) is 0 Å². The molecule has 1 fully saturated rings. The molecule has 1 saturated heterocycles. The molecule has 1 aliphatic heterocycles. The molecule has 0 spiro atoms. The second kappa shape index (κ2) is 13.1. The maximum atomic E-state index is 12.3. The maximum absolute atomic E-state index is 12.3. The molecule has 1 aliphatic rings. The van der Waals surface area contributed by atoms with Crippen molar-refractivity contribution in [2.24, 2.45) is 5.41 Å². The second-order valence-corrected chi connectivity index (χ2v) is 9.62. The van der Waals surface area contributed by atoms with Crippen LogP contribution >= 0.6 is 0 Å². The molecule has 2 rings (SSSR count). The first-order valence-corrected chi connectivity index (χ1v) is 12.3. The van der Waals surface area contributed by atoms with Gasteiger partial charge in [-0.25, -0.2) is 4.79 Å². The third kappa shape index (κ3) is 7.72. The van der Waals surface area contributed by atoms with E-state index >= 15 is 0 Å². The fourth-order valence-corrected chi connectivity index (χ4v) is 4.06. The van der Waals surface area contributed by atoms with Crippen LogP contribution in [0.5, 0.6) is 0 Å². The normalized spacial score (nSPS) is 28.6. The van der Waals surface area contributed by atoms with Gasteiger partial charge in [-0.1, -0.05) is 57.7 Å². The first kappa shape index (κ1) is 28.1. The van der Waals surface area contributed by atoms with Crippen molar-refractivity contribution in [3.8, 4) is 0 Å². The zero-order chi connectivity index (χ0) is 25.2. The molecule has 0 amide bonds. The number of carbonyl (C=O) groups excluding carboxylic acids is 1. The lowest BCUT2D eigenvalue weighted by Crippen LogP contribution is -2.58. The highest BCUT2D eigenvalue weighted by atomic mass is 16.7. The highest BCUT2D eigenvalue weighted by Crippen LogP contribution is 2.33. The zero-order valence-electron chi connectivity index (χ0n) is 21.8. The van der Waals surface area contributed by atoms with Crippen LogP contribution in [0.25, 0.3) is 0 Å². The van der Waals surface area contributed by atoms with Crippen molar-refractivity contribution in [3.05, 3.63) is 48.2 Å². The minimum atomic E-state index is -0.687. The van der Waals surface area contributed by atoms with Gasteiger partial charge in [0, 0.05) is 0 Å². The number of hydroxylamine groups is 2. The highest BCUT2D eigenvalue weighted by Gasteiger charge is 2.43. The van der Waals surface area contributed by atoms with Gasteiger partial charge in [0.1, 0.15) is 19.0 Å². The van der Waals surface area contributed by atoms with E-state index in [4.69, 9.17) is 23.8 Å². The van der Waals surface area contributed by atoms with E-state index in [1.54, 1.807) is 0 Å². The third-order valence-corrected chi connectivity index (χ3v) is 6.73. The van der Waals surface area contributed by atoms with Crippen molar-refractivity contribution in [3.63, 3.8) is 0 Å². The average Bonchev–Trinajstić information content (AvgIpc) is 2.84. The van der Waals surface area contributed by atoms with Crippen molar-refractivity contribution in [2.45, 2.75) is 85.1 Å². The minimum Gasteiger partial charge on any atom is -0.434 e. The third-order valence-electron chi connectivity index (χ3n) is 6.73. The fraction of sp³-hybridized carbons (Fsp3) is 0.667. The quantitative estimate of drug-likeness (QED) is 0.325. The minimum absolute atomic E-state index is 0.00895. The van der Waals surface area contributed by atoms with Gasteiger partial charge < -0.3 is 23.8 Å². The van der Waals surface area contributed by atoms with Crippen LogP contribution in [0.3, 0.4) is 0 Å². The Morgan fingerprint density at radius 3 is 2.41 bits per heavy atom. The number of allylic oxidation sites excluding steroid dienone is 1. The summed E-state index contributed by atoms with van der Waals surface area (Å²) < 4.78 is 23.5. The van der Waals surface area contributed by atoms with Gasteiger partial charge in [-0.05, 0) is 45.6 Å². The number of hydrogen-bond acceptors (Lipinski definition) is 7. The zero-order valence-corrected chi connectivity index (χ0v) is 21.8. The predicted octanol–water partition coefficient (Wildman–Crippen LogP) is 5.89. The van der Waals surface area contributed by atoms with Gasteiger partial charge in [-0.15, -0.1) is 5.06 Å². The van der Waals surface area contributed by atoms with Gasteiger partial charge in [0.25, 0.3) is 0 Å². The van der Waals surface area contributed by atoms with Crippen LogP contribution in [-0.4, -0.2) is 55.3 Å². The molecule has 192 valence electrons. The predicted molar refractivity (Wildman–Crippen MR) is 132 cm³/mol. The van der Waals surface area contributed by atoms with Crippen molar-refractivity contribution < 1.29 is 28.6 Å². The summed E-state index contributed by atoms with van der Waals surface area (Å²) in [7, 11) is 0. The number of hydrogen-bond donors (Lipinski definition) is 0. The first-order chi connectivity index (χ1) is 16.2. The first-order valence-electron chi connectivity index (χ1n) is 12.3. The lowest BCUT2D eigenvalue weighted by molar-refractivity contribution is -0.260. The number of rotatable bonds is 9. The van der Waals surface area contributed by atoms with E-state index in [9.17, 15) is 4.79 Å². The molecule has 1 aromatic carbocycles. The van der Waals surface area contributed by atoms with Gasteiger partial charge in [0.15, 0.2) is 0 Å². The van der Waals surface area contributed by atoms with Gasteiger partial charge in [-0.2, -0.15) is 0 Å². The molecule has 0 N–H and O–H groups in total. The molecule has 0 radical (unpaired) electrons. The van der Waals surface area contributed by atoms with E-state index in [-0.39, 0.29) is 30.9 Å². The number of nitrogens with zero attached hydrogens (tertiary/aromatic N) is 1. The molecule has 34 heavy (non-hydrogen) atoms. The summed E-state index contributed by atoms with van der Waals surface area (Å²) in [6.45, 7) is 17.9. The molecule has 7 heteroatoms. The number of ether oxygens (including phenoxy) is 4. The summed E-state index contributed by atoms with van der Waals surface area (Å²) in [4.78, 5) is 18.4. The smallest absolute Gasteiger partial charge is 0.434 e. The standard InChI is InChI=1S/C27H43NO6/c1-8-24-22(6)32-19-27(10-3,18-30-17-26(7,9-2)28(24)34-21(4)5)20-33-25(29)31-16-23-14-12-11-13-15-23/h11-15,22,24H,4,8-10,16-20H2,1-3,5-7H3. The average molecular weight is 478 g/mol. The van der Waals surface area contributed by atoms with Gasteiger partial charge in [0.2, 0.25) is 0 Å². The Balaban J connectivity index is 2.11. The van der Waals surface area contributed by atoms with Gasteiger partial charge in [-0.3, -0.25) is 0 Å². The van der Waals surface area contributed by atoms with Gasteiger partial charge in [0.05, 0.1) is 42.9 Å². The Labute approximate surface area is 205 Å². The number of carbonyl (C=O) groups is 1. The van der Waals surface area contributed by atoms with Crippen LogP contribution in [0, 0.1) is 5.41 Å². The molecule has 7 nitrogen and oxygen atoms in total. The van der Waals surface area contributed by atoms with E-state index < -0.39 is 11.6 Å². The second-order valence-electron chi connectivity index (χ2n) is 9.62. The lowest BCUT2D eigenvalue weighted by atomic mass is 9.87. The Kier molecular flexibility index (Phi) is 10.9. The van der Waals surface area contributed by atoms with E-state index in [0.29, 0.717) is 25.6 Å². The Hall–Kier alpha value is -2.09. The van der Waals surface area contributed by atoms with Crippen LogP contribution in [-0.2, 0) is 30.4 Å². The highest BCUT2D eigenvalue weighted by molar-refractivity contribution is 5.59. The fourth-order valence-electron chi connectivity index (χ4n) is 4.06. The van der Waals surface area contributed by atoms with Crippen LogP contribution in [0.4, 0.5) is 4.79 Å². The van der Waals surface area contributed by atoms with E-state index in [2.05, 4.69) is 41.2 Å². The van der Waals surface area contributed by atoms with Crippen LogP contribution in [0.1, 0.15) is 66.4 Å². The SMILES string of the molecule is C=C(C)ON1C(CC)C(C)OCC(CC)(COC(=O)OCc2ccccc2)COCC1(C)CC. The molecule has 1 heterocycles. The maximum Gasteiger partial charge on any atom is 0.508 e. The largest absolute Gasteiger partial charge is 0.508 e. The topological polar surface area (TPSA) is 66.5 Å². The van der Waals surface area contributed by atoms with E-state index in [0.717, 1.165) is 24.8 Å². The lowest BCUT2D eigenvalue weighted by Gasteiger charge is -2.47. The van der Waals surface area contributed by atoms with Crippen molar-refractivity contribution in [1.29, 1.82) is 0 Å². The summed E-state index contributed by atoms with van der Waals surface area (Å²) in [6, 6.07) is 9.55. The summed E-state index contributed by atoms with van der Waals surface area (Å²) in [5.41, 5.74) is 0.0725. The molecule has 0 aliphatic carbocycles. The summed E-state index contributed by atoms with van der Waals surface area (Å²) in [5.74, 6) is 0.632. The van der Waals surface area contributed by atoms with Crippen molar-refractivity contribution in [2.75, 3.05) is 26.4 Å². The molecule has 0 bridgehead atoms. The van der Waals surface area contributed by atoms with Crippen LogP contribution < -0.4 is 0 Å². The summed E-state index contributed by atoms with van der Waals surface area (Å²) >= 11 is 0. The molecule has 4 atom stereocenters. The van der Waals surface area contributed by atoms with Crippen LogP contribution in [0.15, 0.2) is 42.7 Å². The van der Waals surface area contributed by atoms with E-state index in [1.807, 2.05) is 42.3 Å². The van der Waals surface area contributed by atoms with Gasteiger partial charge >= 0.3 is 6.16 Å². The van der Waals surface area contributed by atoms with Crippen molar-refractivity contribution in [1.82, 2.24) is 5.06 Å². The Bertz CT molecular complexity index is 772. The Morgan fingerprint density at radius 1 is 1.12 bits per heavy atom. The Morgan fingerprint density at radius 2 is 1.82 bits per heavy atom. The molecular formula is C27H43NO6. The summed E-state index contributed by atoms with van der Waals surface area (Å²) in [5, 5.41) is 2.01. The molecule has 1 aromatic rings. The molecule has 0 saturated carbocycles. The number of benzene rings is 1. The summed E-state index contributed by atoms with van der Waals surface area (Å²) in [6.07, 6.45) is 1.60. The molecule has 0 aromatic heterocycles. The monoisotopic (exact) mass is 477 g/mol.